The van der Waals surface area contributed by atoms with Gasteiger partial charge in [-0.25, -0.2) is 0 Å². The molecule has 0 rings (SSSR count). The molecule has 2 nitrogen and oxygen atoms in total. The van der Waals surface area contributed by atoms with Crippen LogP contribution in [-0.4, -0.2) is 12.1 Å². The minimum absolute atomic E-state index is 0.279. The second-order valence-electron chi connectivity index (χ2n) is 3.20. The van der Waals surface area contributed by atoms with E-state index in [0.717, 1.165) is 12.7 Å². The van der Waals surface area contributed by atoms with Gasteiger partial charge in [0.05, 0.1) is 0 Å². The summed E-state index contributed by atoms with van der Waals surface area (Å²) in [6, 6.07) is 0. The summed E-state index contributed by atoms with van der Waals surface area (Å²) in [5, 5.41) is 0. The highest BCUT2D eigenvalue weighted by Crippen LogP contribution is 2.04. The Hall–Kier alpha value is -0.660. The number of rotatable bonds is 6. The van der Waals surface area contributed by atoms with Gasteiger partial charge in [0, 0.05) is 19.3 Å². The van der Waals surface area contributed by atoms with Crippen LogP contribution in [0.15, 0.2) is 0 Å². The maximum atomic E-state index is 11.0. The van der Waals surface area contributed by atoms with Gasteiger partial charge in [0.2, 0.25) is 0 Å². The van der Waals surface area contributed by atoms with Gasteiger partial charge in [0.15, 0.2) is 0 Å². The van der Waals surface area contributed by atoms with E-state index in [0.29, 0.717) is 25.2 Å². The minimum Gasteiger partial charge on any atom is -0.303 e. The summed E-state index contributed by atoms with van der Waals surface area (Å²) >= 11 is 0. The minimum atomic E-state index is 0.279. The Morgan fingerprint density at radius 1 is 1.45 bits per heavy atom. The van der Waals surface area contributed by atoms with Crippen LogP contribution in [0.5, 0.6) is 0 Å². The monoisotopic (exact) mass is 156 g/mol. The lowest BCUT2D eigenvalue weighted by Crippen LogP contribution is -2.02. The van der Waals surface area contributed by atoms with E-state index in [4.69, 9.17) is 0 Å². The summed E-state index contributed by atoms with van der Waals surface area (Å²) in [5.74, 6) is 0.723. The largest absolute Gasteiger partial charge is 0.303 e. The van der Waals surface area contributed by atoms with Crippen molar-refractivity contribution in [2.75, 3.05) is 0 Å². The molecule has 0 spiro atoms. The number of Topliss-reactive ketones (excluding diaryl/α,β-unsaturated/α-hetero) is 1. The van der Waals surface area contributed by atoms with Crippen LogP contribution in [-0.2, 0) is 9.59 Å². The number of ketones is 1. The van der Waals surface area contributed by atoms with Crippen molar-refractivity contribution in [1.82, 2.24) is 0 Å². The molecule has 0 fully saturated rings. The number of carbonyl (C=O) groups is 2. The van der Waals surface area contributed by atoms with E-state index in [1.807, 2.05) is 13.8 Å². The van der Waals surface area contributed by atoms with E-state index in [9.17, 15) is 9.59 Å². The zero-order valence-corrected chi connectivity index (χ0v) is 7.30. The highest BCUT2D eigenvalue weighted by atomic mass is 16.1. The quantitative estimate of drug-likeness (QED) is 0.435. The highest BCUT2D eigenvalue weighted by Gasteiger charge is 2.03. The number of aldehydes is 1. The van der Waals surface area contributed by atoms with Crippen LogP contribution in [0.1, 0.15) is 39.5 Å². The number of carbonyl (C=O) groups excluding carboxylic acids is 2. The molecule has 0 unspecified atom stereocenters. The Labute approximate surface area is 68.0 Å². The number of hydrogen-bond donors (Lipinski definition) is 0. The third kappa shape index (κ3) is 7.23. The van der Waals surface area contributed by atoms with Gasteiger partial charge in [-0.3, -0.25) is 4.79 Å². The maximum Gasteiger partial charge on any atom is 0.133 e. The van der Waals surface area contributed by atoms with Crippen LogP contribution in [0.25, 0.3) is 0 Å². The summed E-state index contributed by atoms with van der Waals surface area (Å²) in [5.41, 5.74) is 0. The van der Waals surface area contributed by atoms with Crippen LogP contribution in [0.4, 0.5) is 0 Å². The van der Waals surface area contributed by atoms with Crippen LogP contribution in [0.2, 0.25) is 0 Å². The molecule has 0 saturated carbocycles. The molecule has 0 radical (unpaired) electrons. The van der Waals surface area contributed by atoms with Crippen molar-refractivity contribution in [2.45, 2.75) is 39.5 Å². The Balaban J connectivity index is 3.30. The Morgan fingerprint density at radius 2 is 2.09 bits per heavy atom. The van der Waals surface area contributed by atoms with E-state index in [2.05, 4.69) is 0 Å². The molecule has 11 heavy (non-hydrogen) atoms. The summed E-state index contributed by atoms with van der Waals surface area (Å²) < 4.78 is 0. The van der Waals surface area contributed by atoms with Gasteiger partial charge in [0.1, 0.15) is 12.1 Å². The van der Waals surface area contributed by atoms with Crippen LogP contribution >= 0.6 is 0 Å². The van der Waals surface area contributed by atoms with Crippen molar-refractivity contribution in [2.24, 2.45) is 5.92 Å². The lowest BCUT2D eigenvalue weighted by atomic mass is 10.0. The molecule has 0 bridgehead atoms. The molecule has 0 atom stereocenters. The van der Waals surface area contributed by atoms with E-state index in [-0.39, 0.29) is 5.78 Å². The van der Waals surface area contributed by atoms with Gasteiger partial charge in [-0.2, -0.15) is 0 Å². The predicted octanol–water partition coefficient (Wildman–Crippen LogP) is 1.97. The van der Waals surface area contributed by atoms with Crippen molar-refractivity contribution < 1.29 is 9.59 Å². The first-order chi connectivity index (χ1) is 5.16. The van der Waals surface area contributed by atoms with Gasteiger partial charge in [-0.05, 0) is 12.3 Å². The molecule has 0 aliphatic heterocycles. The average Bonchev–Trinajstić information content (AvgIpc) is 1.86. The Morgan fingerprint density at radius 3 is 2.55 bits per heavy atom. The number of hydrogen-bond acceptors (Lipinski definition) is 2. The first-order valence-corrected chi connectivity index (χ1v) is 4.12. The molecule has 0 saturated heterocycles. The molecule has 0 aromatic carbocycles. The van der Waals surface area contributed by atoms with E-state index >= 15 is 0 Å². The Bertz CT molecular complexity index is 128. The lowest BCUT2D eigenvalue weighted by Gasteiger charge is -2.01. The summed E-state index contributed by atoms with van der Waals surface area (Å²) in [6.45, 7) is 4.05. The molecule has 0 aromatic heterocycles. The lowest BCUT2D eigenvalue weighted by molar-refractivity contribution is -0.119. The molecular weight excluding hydrogens is 140 g/mol. The fraction of sp³-hybridized carbons (Fsp3) is 0.778. The van der Waals surface area contributed by atoms with Gasteiger partial charge in [0.25, 0.3) is 0 Å². The van der Waals surface area contributed by atoms with Gasteiger partial charge in [-0.1, -0.05) is 13.8 Å². The second kappa shape index (κ2) is 6.08. The zero-order chi connectivity index (χ0) is 8.69. The average molecular weight is 156 g/mol. The fourth-order valence-electron chi connectivity index (χ4n) is 0.940. The van der Waals surface area contributed by atoms with E-state index < -0.39 is 0 Å². The van der Waals surface area contributed by atoms with E-state index in [1.165, 1.54) is 0 Å². The third-order valence-electron chi connectivity index (χ3n) is 1.41. The van der Waals surface area contributed by atoms with Crippen LogP contribution in [0.3, 0.4) is 0 Å². The molecule has 64 valence electrons. The van der Waals surface area contributed by atoms with Crippen LogP contribution in [0, 0.1) is 5.92 Å². The Kier molecular flexibility index (Phi) is 5.71. The van der Waals surface area contributed by atoms with Crippen molar-refractivity contribution in [1.29, 1.82) is 0 Å². The molecule has 0 aliphatic rings. The molecule has 0 aromatic rings. The molecule has 0 aliphatic carbocycles. The van der Waals surface area contributed by atoms with E-state index in [1.54, 1.807) is 0 Å². The summed E-state index contributed by atoms with van der Waals surface area (Å²) in [6.07, 6.45) is 3.32. The van der Waals surface area contributed by atoms with Crippen molar-refractivity contribution in [3.8, 4) is 0 Å². The molecular formula is C9H16O2. The zero-order valence-electron chi connectivity index (χ0n) is 7.30. The fourth-order valence-corrected chi connectivity index (χ4v) is 0.940. The first kappa shape index (κ1) is 10.3. The third-order valence-corrected chi connectivity index (χ3v) is 1.41. The first-order valence-electron chi connectivity index (χ1n) is 4.12. The van der Waals surface area contributed by atoms with Gasteiger partial charge in [-0.15, -0.1) is 0 Å². The molecule has 0 N–H and O–H groups in total. The molecule has 0 heterocycles. The summed E-state index contributed by atoms with van der Waals surface area (Å²) in [7, 11) is 0. The van der Waals surface area contributed by atoms with Crippen LogP contribution < -0.4 is 0 Å². The van der Waals surface area contributed by atoms with Gasteiger partial charge >= 0.3 is 0 Å². The topological polar surface area (TPSA) is 34.1 Å². The highest BCUT2D eigenvalue weighted by molar-refractivity contribution is 5.78. The van der Waals surface area contributed by atoms with Crippen molar-refractivity contribution in [3.05, 3.63) is 0 Å². The van der Waals surface area contributed by atoms with Crippen molar-refractivity contribution >= 4 is 12.1 Å². The second-order valence-corrected chi connectivity index (χ2v) is 3.20. The normalized spacial score (nSPS) is 10.1. The van der Waals surface area contributed by atoms with Crippen molar-refractivity contribution in [3.63, 3.8) is 0 Å². The van der Waals surface area contributed by atoms with Gasteiger partial charge < -0.3 is 4.79 Å². The number of unbranched alkanes of at least 4 members (excludes halogenated alkanes) is 1. The maximum absolute atomic E-state index is 11.0. The SMILES string of the molecule is CC(C)CC(=O)CCCC=O. The summed E-state index contributed by atoms with van der Waals surface area (Å²) in [4.78, 5) is 20.9. The molecule has 2 heteroatoms. The standard InChI is InChI=1S/C9H16O2/c1-8(2)7-9(11)5-3-4-6-10/h6,8H,3-5,7H2,1-2H3. The molecule has 0 amide bonds. The smallest absolute Gasteiger partial charge is 0.133 e. The predicted molar refractivity (Wildman–Crippen MR) is 44.4 cm³/mol.